The monoisotopic (exact) mass is 343 g/mol. The van der Waals surface area contributed by atoms with Crippen LogP contribution in [-0.2, 0) is 6.42 Å². The average molecular weight is 344 g/mol. The van der Waals surface area contributed by atoms with Crippen LogP contribution in [0.5, 0.6) is 0 Å². The zero-order chi connectivity index (χ0) is 15.9. The van der Waals surface area contributed by atoms with Gasteiger partial charge in [0.25, 0.3) is 0 Å². The molecule has 1 aromatic heterocycles. The van der Waals surface area contributed by atoms with Crippen LogP contribution < -0.4 is 5.32 Å². The molecule has 1 atom stereocenters. The first-order chi connectivity index (χ1) is 11.4. The van der Waals surface area contributed by atoms with E-state index in [1.807, 2.05) is 7.05 Å². The van der Waals surface area contributed by atoms with Gasteiger partial charge in [0, 0.05) is 18.4 Å². The number of H-pyrrole nitrogens is 1. The van der Waals surface area contributed by atoms with Crippen molar-refractivity contribution >= 4 is 12.4 Å². The third-order valence-corrected chi connectivity index (χ3v) is 4.15. The van der Waals surface area contributed by atoms with Gasteiger partial charge in [-0.2, -0.15) is 5.21 Å². The van der Waals surface area contributed by atoms with Gasteiger partial charge in [0.15, 0.2) is 5.82 Å². The van der Waals surface area contributed by atoms with E-state index in [0.717, 1.165) is 18.7 Å². The zero-order valence-corrected chi connectivity index (χ0v) is 14.4. The van der Waals surface area contributed by atoms with Gasteiger partial charge in [-0.05, 0) is 24.6 Å². The molecule has 5 nitrogen and oxygen atoms in total. The van der Waals surface area contributed by atoms with Gasteiger partial charge in [-0.25, -0.2) is 0 Å². The second-order valence-electron chi connectivity index (χ2n) is 5.63. The highest BCUT2D eigenvalue weighted by atomic mass is 35.5. The van der Waals surface area contributed by atoms with Crippen LogP contribution in [0.2, 0.25) is 0 Å². The number of halogens is 1. The third kappa shape index (κ3) is 4.63. The van der Waals surface area contributed by atoms with Crippen molar-refractivity contribution in [3.63, 3.8) is 0 Å². The summed E-state index contributed by atoms with van der Waals surface area (Å²) in [5, 5.41) is 17.7. The molecular formula is C18H22ClN5. The van der Waals surface area contributed by atoms with Crippen LogP contribution in [-0.4, -0.2) is 33.7 Å². The van der Waals surface area contributed by atoms with Crippen LogP contribution in [0.15, 0.2) is 60.7 Å². The number of nitrogens with zero attached hydrogens (tertiary/aromatic N) is 3. The maximum absolute atomic E-state index is 4.07. The number of likely N-dealkylation sites (N-methyl/N-ethyl adjacent to an activating group) is 1. The highest BCUT2D eigenvalue weighted by molar-refractivity contribution is 5.85. The Morgan fingerprint density at radius 1 is 0.958 bits per heavy atom. The van der Waals surface area contributed by atoms with Crippen molar-refractivity contribution in [2.75, 3.05) is 7.05 Å². The van der Waals surface area contributed by atoms with Gasteiger partial charge in [0.05, 0.1) is 0 Å². The topological polar surface area (TPSA) is 66.5 Å². The minimum absolute atomic E-state index is 0. The molecule has 0 aliphatic rings. The summed E-state index contributed by atoms with van der Waals surface area (Å²) in [6, 6.07) is 21.5. The molecule has 0 saturated carbocycles. The van der Waals surface area contributed by atoms with Crippen LogP contribution >= 0.6 is 12.4 Å². The van der Waals surface area contributed by atoms with E-state index in [2.05, 4.69) is 86.6 Å². The first kappa shape index (κ1) is 18.1. The molecule has 2 aromatic carbocycles. The van der Waals surface area contributed by atoms with Crippen molar-refractivity contribution < 1.29 is 0 Å². The molecule has 126 valence electrons. The molecule has 24 heavy (non-hydrogen) atoms. The summed E-state index contributed by atoms with van der Waals surface area (Å²) in [6.45, 7) is 0. The van der Waals surface area contributed by atoms with Gasteiger partial charge in [-0.1, -0.05) is 65.9 Å². The molecule has 0 aliphatic heterocycles. The predicted octanol–water partition coefficient (Wildman–Crippen LogP) is 2.97. The quantitative estimate of drug-likeness (QED) is 0.692. The molecule has 6 heteroatoms. The van der Waals surface area contributed by atoms with E-state index in [1.54, 1.807) is 0 Å². The van der Waals surface area contributed by atoms with E-state index in [0.29, 0.717) is 5.92 Å². The maximum Gasteiger partial charge on any atom is 0.176 e. The van der Waals surface area contributed by atoms with Crippen LogP contribution in [0.25, 0.3) is 0 Å². The summed E-state index contributed by atoms with van der Waals surface area (Å²) in [7, 11) is 1.98. The fraction of sp³-hybridized carbons (Fsp3) is 0.278. The summed E-state index contributed by atoms with van der Waals surface area (Å²) in [5.41, 5.74) is 2.65. The minimum atomic E-state index is 0. The molecule has 2 N–H and O–H groups in total. The highest BCUT2D eigenvalue weighted by Gasteiger charge is 2.20. The summed E-state index contributed by atoms with van der Waals surface area (Å²) >= 11 is 0. The van der Waals surface area contributed by atoms with E-state index in [1.165, 1.54) is 11.1 Å². The van der Waals surface area contributed by atoms with Gasteiger partial charge in [0.2, 0.25) is 0 Å². The second kappa shape index (κ2) is 9.15. The lowest BCUT2D eigenvalue weighted by Crippen LogP contribution is -2.30. The van der Waals surface area contributed by atoms with Gasteiger partial charge in [0.1, 0.15) is 0 Å². The van der Waals surface area contributed by atoms with Gasteiger partial charge in [-0.3, -0.25) is 0 Å². The average Bonchev–Trinajstić information content (AvgIpc) is 3.13. The number of rotatable bonds is 7. The molecule has 0 spiro atoms. The maximum atomic E-state index is 4.07. The number of hydrogen-bond donors (Lipinski definition) is 2. The Balaban J connectivity index is 0.00000208. The second-order valence-corrected chi connectivity index (χ2v) is 5.63. The molecule has 0 bridgehead atoms. The van der Waals surface area contributed by atoms with Crippen molar-refractivity contribution in [3.05, 3.63) is 77.6 Å². The number of tetrazole rings is 1. The van der Waals surface area contributed by atoms with Crippen molar-refractivity contribution in [2.24, 2.45) is 0 Å². The van der Waals surface area contributed by atoms with Gasteiger partial charge >= 0.3 is 0 Å². The molecule has 1 unspecified atom stereocenters. The largest absolute Gasteiger partial charge is 0.317 e. The Labute approximate surface area is 148 Å². The van der Waals surface area contributed by atoms with E-state index in [-0.39, 0.29) is 18.4 Å². The fourth-order valence-electron chi connectivity index (χ4n) is 2.91. The summed E-state index contributed by atoms with van der Waals surface area (Å²) in [5.74, 6) is 1.07. The van der Waals surface area contributed by atoms with E-state index < -0.39 is 0 Å². The molecule has 0 saturated heterocycles. The SMILES string of the molecule is CNC(Cc1nn[nH]n1)CC(c1ccccc1)c1ccccc1.Cl. The smallest absolute Gasteiger partial charge is 0.176 e. The molecule has 3 rings (SSSR count). The summed E-state index contributed by atoms with van der Waals surface area (Å²) < 4.78 is 0. The highest BCUT2D eigenvalue weighted by Crippen LogP contribution is 2.29. The first-order valence-corrected chi connectivity index (χ1v) is 7.86. The van der Waals surface area contributed by atoms with Crippen LogP contribution in [0.4, 0.5) is 0 Å². The lowest BCUT2D eigenvalue weighted by molar-refractivity contribution is 0.483. The standard InChI is InChI=1S/C18H21N5.ClH/c1-19-16(13-18-20-22-23-21-18)12-17(14-8-4-2-5-9-14)15-10-6-3-7-11-15;/h2-11,16-17,19H,12-13H2,1H3,(H,20,21,22,23);1H. The predicted molar refractivity (Wildman–Crippen MR) is 97.3 cm³/mol. The van der Waals surface area contributed by atoms with Crippen molar-refractivity contribution in [3.8, 4) is 0 Å². The molecule has 0 radical (unpaired) electrons. The lowest BCUT2D eigenvalue weighted by Gasteiger charge is -2.23. The van der Waals surface area contributed by atoms with E-state index in [9.17, 15) is 0 Å². The Bertz CT molecular complexity index is 648. The number of nitrogens with one attached hydrogen (secondary N) is 2. The summed E-state index contributed by atoms with van der Waals surface area (Å²) in [4.78, 5) is 0. The van der Waals surface area contributed by atoms with Crippen LogP contribution in [0.1, 0.15) is 29.3 Å². The number of hydrogen-bond acceptors (Lipinski definition) is 4. The molecule has 3 aromatic rings. The number of aromatic nitrogens is 4. The molecule has 0 aliphatic carbocycles. The Morgan fingerprint density at radius 3 is 2.00 bits per heavy atom. The molecule has 1 heterocycles. The van der Waals surface area contributed by atoms with E-state index >= 15 is 0 Å². The molecule has 0 amide bonds. The number of aromatic amines is 1. The lowest BCUT2D eigenvalue weighted by atomic mass is 9.85. The fourth-order valence-corrected chi connectivity index (χ4v) is 2.91. The Morgan fingerprint density at radius 2 is 1.54 bits per heavy atom. The van der Waals surface area contributed by atoms with Crippen molar-refractivity contribution in [2.45, 2.75) is 24.8 Å². The first-order valence-electron chi connectivity index (χ1n) is 7.86. The Hall–Kier alpha value is -2.24. The molecular weight excluding hydrogens is 322 g/mol. The van der Waals surface area contributed by atoms with Crippen LogP contribution in [0, 0.1) is 0 Å². The third-order valence-electron chi connectivity index (χ3n) is 4.15. The van der Waals surface area contributed by atoms with E-state index in [4.69, 9.17) is 0 Å². The number of benzene rings is 2. The minimum Gasteiger partial charge on any atom is -0.317 e. The summed E-state index contributed by atoms with van der Waals surface area (Å²) in [6.07, 6.45) is 1.72. The zero-order valence-electron chi connectivity index (χ0n) is 13.6. The van der Waals surface area contributed by atoms with Crippen molar-refractivity contribution in [1.82, 2.24) is 25.9 Å². The molecule has 0 fully saturated rings. The van der Waals surface area contributed by atoms with Crippen molar-refractivity contribution in [1.29, 1.82) is 0 Å². The Kier molecular flexibility index (Phi) is 6.90. The van der Waals surface area contributed by atoms with Gasteiger partial charge in [-0.15, -0.1) is 22.6 Å². The van der Waals surface area contributed by atoms with Crippen LogP contribution in [0.3, 0.4) is 0 Å². The van der Waals surface area contributed by atoms with Gasteiger partial charge < -0.3 is 5.32 Å². The normalized spacial score (nSPS) is 11.9.